The van der Waals surface area contributed by atoms with Crippen LogP contribution in [-0.2, 0) is 6.42 Å². The standard InChI is InChI=1S/C19H19N3/c1-3-5-18-21-17-7-4-6-13(2)19(17)22(18)15-8-9-16-14(12-15)10-11-20-16/h4,6-12,20H,3,5H2,1-2H3. The van der Waals surface area contributed by atoms with Crippen molar-refractivity contribution in [1.29, 1.82) is 0 Å². The molecule has 0 aliphatic rings. The molecular weight excluding hydrogens is 270 g/mol. The van der Waals surface area contributed by atoms with Crippen LogP contribution >= 0.6 is 0 Å². The Kier molecular flexibility index (Phi) is 3.00. The molecular formula is C19H19N3. The van der Waals surface area contributed by atoms with Crippen LogP contribution in [0.15, 0.2) is 48.7 Å². The van der Waals surface area contributed by atoms with Gasteiger partial charge in [0.15, 0.2) is 0 Å². The molecule has 22 heavy (non-hydrogen) atoms. The van der Waals surface area contributed by atoms with Gasteiger partial charge in [-0.3, -0.25) is 4.57 Å². The third-order valence-electron chi connectivity index (χ3n) is 4.22. The average molecular weight is 289 g/mol. The second kappa shape index (κ2) is 5.02. The van der Waals surface area contributed by atoms with Crippen LogP contribution in [0.1, 0.15) is 24.7 Å². The van der Waals surface area contributed by atoms with Crippen molar-refractivity contribution in [3.05, 3.63) is 60.0 Å². The summed E-state index contributed by atoms with van der Waals surface area (Å²) in [6.45, 7) is 4.36. The summed E-state index contributed by atoms with van der Waals surface area (Å²) < 4.78 is 2.32. The average Bonchev–Trinajstić information content (AvgIpc) is 3.11. The number of imidazole rings is 1. The lowest BCUT2D eigenvalue weighted by Gasteiger charge is -2.10. The van der Waals surface area contributed by atoms with Gasteiger partial charge in [-0.05, 0) is 49.2 Å². The molecule has 2 heterocycles. The number of nitrogens with one attached hydrogen (secondary N) is 1. The van der Waals surface area contributed by atoms with Crippen LogP contribution < -0.4 is 0 Å². The van der Waals surface area contributed by atoms with Gasteiger partial charge in [0.1, 0.15) is 5.82 Å². The van der Waals surface area contributed by atoms with Crippen LogP contribution in [0, 0.1) is 6.92 Å². The SMILES string of the molecule is CCCc1nc2cccc(C)c2n1-c1ccc2[nH]ccc2c1. The zero-order valence-electron chi connectivity index (χ0n) is 12.9. The quantitative estimate of drug-likeness (QED) is 0.579. The highest BCUT2D eigenvalue weighted by Crippen LogP contribution is 2.27. The lowest BCUT2D eigenvalue weighted by atomic mass is 10.2. The van der Waals surface area contributed by atoms with Crippen molar-refractivity contribution in [2.75, 3.05) is 0 Å². The van der Waals surface area contributed by atoms with Gasteiger partial charge in [-0.2, -0.15) is 0 Å². The number of para-hydroxylation sites is 1. The number of hydrogen-bond donors (Lipinski definition) is 1. The predicted molar refractivity (Wildman–Crippen MR) is 91.7 cm³/mol. The molecule has 110 valence electrons. The maximum absolute atomic E-state index is 4.86. The third kappa shape index (κ3) is 1.93. The Hall–Kier alpha value is -2.55. The second-order valence-electron chi connectivity index (χ2n) is 5.81. The molecule has 3 heteroatoms. The number of hydrogen-bond acceptors (Lipinski definition) is 1. The second-order valence-corrected chi connectivity index (χ2v) is 5.81. The Bertz CT molecular complexity index is 959. The topological polar surface area (TPSA) is 33.6 Å². The van der Waals surface area contributed by atoms with Crippen LogP contribution in [0.2, 0.25) is 0 Å². The molecule has 0 atom stereocenters. The van der Waals surface area contributed by atoms with Gasteiger partial charge in [0.05, 0.1) is 11.0 Å². The van der Waals surface area contributed by atoms with Crippen molar-refractivity contribution in [2.24, 2.45) is 0 Å². The zero-order chi connectivity index (χ0) is 15.1. The molecule has 0 aliphatic carbocycles. The van der Waals surface area contributed by atoms with E-state index in [1.165, 1.54) is 27.7 Å². The molecule has 0 spiro atoms. The third-order valence-corrected chi connectivity index (χ3v) is 4.22. The monoisotopic (exact) mass is 289 g/mol. The van der Waals surface area contributed by atoms with Crippen molar-refractivity contribution < 1.29 is 0 Å². The largest absolute Gasteiger partial charge is 0.361 e. The number of aromatic nitrogens is 3. The van der Waals surface area contributed by atoms with Gasteiger partial charge >= 0.3 is 0 Å². The Balaban J connectivity index is 2.04. The zero-order valence-corrected chi connectivity index (χ0v) is 12.9. The summed E-state index contributed by atoms with van der Waals surface area (Å²) >= 11 is 0. The number of H-pyrrole nitrogens is 1. The lowest BCUT2D eigenvalue weighted by molar-refractivity contribution is 0.818. The fourth-order valence-corrected chi connectivity index (χ4v) is 3.19. The van der Waals surface area contributed by atoms with Crippen molar-refractivity contribution in [1.82, 2.24) is 14.5 Å². The summed E-state index contributed by atoms with van der Waals surface area (Å²) in [5.74, 6) is 1.14. The number of rotatable bonds is 3. The highest BCUT2D eigenvalue weighted by molar-refractivity contribution is 5.85. The summed E-state index contributed by atoms with van der Waals surface area (Å²) in [6, 6.07) is 15.0. The Morgan fingerprint density at radius 1 is 1.14 bits per heavy atom. The van der Waals surface area contributed by atoms with Gasteiger partial charge in [-0.25, -0.2) is 4.98 Å². The molecule has 4 aromatic rings. The molecule has 2 aromatic heterocycles. The van der Waals surface area contributed by atoms with Crippen LogP contribution in [0.25, 0.3) is 27.6 Å². The van der Waals surface area contributed by atoms with Crippen LogP contribution in [-0.4, -0.2) is 14.5 Å². The van der Waals surface area contributed by atoms with E-state index in [0.717, 1.165) is 24.2 Å². The number of fused-ring (bicyclic) bond motifs is 2. The maximum atomic E-state index is 4.86. The van der Waals surface area contributed by atoms with E-state index in [1.807, 2.05) is 6.20 Å². The fourth-order valence-electron chi connectivity index (χ4n) is 3.19. The molecule has 3 nitrogen and oxygen atoms in total. The van der Waals surface area contributed by atoms with Crippen LogP contribution in [0.3, 0.4) is 0 Å². The highest BCUT2D eigenvalue weighted by atomic mass is 15.1. The first-order chi connectivity index (χ1) is 10.8. The van der Waals surface area contributed by atoms with Crippen molar-refractivity contribution in [3.8, 4) is 5.69 Å². The minimum atomic E-state index is 0.985. The van der Waals surface area contributed by atoms with Gasteiger partial charge in [-0.1, -0.05) is 19.1 Å². The molecule has 4 rings (SSSR count). The molecule has 0 saturated carbocycles. The van der Waals surface area contributed by atoms with E-state index < -0.39 is 0 Å². The number of aryl methyl sites for hydroxylation is 2. The fraction of sp³-hybridized carbons (Fsp3) is 0.211. The van der Waals surface area contributed by atoms with E-state index in [4.69, 9.17) is 4.98 Å². The molecule has 1 N–H and O–H groups in total. The summed E-state index contributed by atoms with van der Waals surface area (Å²) in [5.41, 5.74) is 5.93. The highest BCUT2D eigenvalue weighted by Gasteiger charge is 2.13. The smallest absolute Gasteiger partial charge is 0.114 e. The lowest BCUT2D eigenvalue weighted by Crippen LogP contribution is -2.01. The Morgan fingerprint density at radius 2 is 2.05 bits per heavy atom. The molecule has 0 radical (unpaired) electrons. The normalized spacial score (nSPS) is 11.5. The first kappa shape index (κ1) is 13.1. The summed E-state index contributed by atoms with van der Waals surface area (Å²) in [6.07, 6.45) is 4.06. The molecule has 0 saturated heterocycles. The van der Waals surface area contributed by atoms with Gasteiger partial charge in [-0.15, -0.1) is 0 Å². The van der Waals surface area contributed by atoms with E-state index in [0.29, 0.717) is 0 Å². The van der Waals surface area contributed by atoms with Gasteiger partial charge in [0.2, 0.25) is 0 Å². The predicted octanol–water partition coefficient (Wildman–Crippen LogP) is 4.77. The molecule has 0 aliphatic heterocycles. The van der Waals surface area contributed by atoms with Crippen LogP contribution in [0.5, 0.6) is 0 Å². The van der Waals surface area contributed by atoms with E-state index in [2.05, 4.69) is 65.9 Å². The number of aromatic amines is 1. The van der Waals surface area contributed by atoms with Crippen molar-refractivity contribution in [2.45, 2.75) is 26.7 Å². The number of benzene rings is 2. The van der Waals surface area contributed by atoms with Crippen molar-refractivity contribution >= 4 is 21.9 Å². The molecule has 0 amide bonds. The van der Waals surface area contributed by atoms with Gasteiger partial charge < -0.3 is 4.98 Å². The van der Waals surface area contributed by atoms with Crippen molar-refractivity contribution in [3.63, 3.8) is 0 Å². The molecule has 2 aromatic carbocycles. The molecule has 0 unspecified atom stereocenters. The Morgan fingerprint density at radius 3 is 2.91 bits per heavy atom. The van der Waals surface area contributed by atoms with E-state index >= 15 is 0 Å². The van der Waals surface area contributed by atoms with E-state index in [9.17, 15) is 0 Å². The Labute approximate surface area is 129 Å². The minimum Gasteiger partial charge on any atom is -0.361 e. The summed E-state index contributed by atoms with van der Waals surface area (Å²) in [4.78, 5) is 8.12. The first-order valence-electron chi connectivity index (χ1n) is 7.82. The van der Waals surface area contributed by atoms with Gasteiger partial charge in [0, 0.05) is 29.2 Å². The van der Waals surface area contributed by atoms with E-state index in [-0.39, 0.29) is 0 Å². The molecule has 0 bridgehead atoms. The summed E-state index contributed by atoms with van der Waals surface area (Å²) in [5, 5.41) is 1.23. The molecule has 0 fully saturated rings. The maximum Gasteiger partial charge on any atom is 0.114 e. The first-order valence-corrected chi connectivity index (χ1v) is 7.82. The van der Waals surface area contributed by atoms with E-state index in [1.54, 1.807) is 0 Å². The van der Waals surface area contributed by atoms with Gasteiger partial charge in [0.25, 0.3) is 0 Å². The van der Waals surface area contributed by atoms with Crippen LogP contribution in [0.4, 0.5) is 0 Å². The minimum absolute atomic E-state index is 0.985. The summed E-state index contributed by atoms with van der Waals surface area (Å²) in [7, 11) is 0. The number of nitrogens with zero attached hydrogens (tertiary/aromatic N) is 2.